The van der Waals surface area contributed by atoms with Gasteiger partial charge in [0.15, 0.2) is 0 Å². The van der Waals surface area contributed by atoms with E-state index < -0.39 is 0 Å². The fraction of sp³-hybridized carbons (Fsp3) is 0.652. The van der Waals surface area contributed by atoms with Crippen LogP contribution in [0.5, 0.6) is 0 Å². The van der Waals surface area contributed by atoms with Crippen LogP contribution >= 0.6 is 11.6 Å². The Morgan fingerprint density at radius 3 is 2.67 bits per heavy atom. The maximum Gasteiger partial charge on any atom is 0.321 e. The predicted molar refractivity (Wildman–Crippen MR) is 122 cm³/mol. The van der Waals surface area contributed by atoms with Crippen molar-refractivity contribution < 1.29 is 9.59 Å². The largest absolute Gasteiger partial charge is 0.356 e. The van der Waals surface area contributed by atoms with Crippen LogP contribution < -0.4 is 10.6 Å². The van der Waals surface area contributed by atoms with E-state index in [4.69, 9.17) is 11.6 Å². The van der Waals surface area contributed by atoms with Gasteiger partial charge >= 0.3 is 6.03 Å². The number of rotatable bonds is 7. The summed E-state index contributed by atoms with van der Waals surface area (Å²) in [6.07, 6.45) is 7.23. The summed E-state index contributed by atoms with van der Waals surface area (Å²) in [4.78, 5) is 29.1. The fourth-order valence-corrected chi connectivity index (χ4v) is 4.63. The van der Waals surface area contributed by atoms with Gasteiger partial charge in [0, 0.05) is 49.4 Å². The number of likely N-dealkylation sites (tertiary alicyclic amines) is 2. The van der Waals surface area contributed by atoms with Gasteiger partial charge in [0.1, 0.15) is 0 Å². The number of nitrogens with zero attached hydrogens (tertiary/aromatic N) is 2. The van der Waals surface area contributed by atoms with Crippen LogP contribution in [0.3, 0.4) is 0 Å². The average Bonchev–Trinajstić information content (AvgIpc) is 2.73. The summed E-state index contributed by atoms with van der Waals surface area (Å²) in [5.41, 5.74) is 0.702. The number of benzene rings is 1. The molecule has 166 valence electrons. The lowest BCUT2D eigenvalue weighted by molar-refractivity contribution is -0.122. The lowest BCUT2D eigenvalue weighted by atomic mass is 9.93. The molecule has 3 rings (SSSR count). The summed E-state index contributed by atoms with van der Waals surface area (Å²) in [6, 6.07) is 7.73. The van der Waals surface area contributed by atoms with Crippen molar-refractivity contribution in [2.45, 2.75) is 57.9 Å². The van der Waals surface area contributed by atoms with Gasteiger partial charge in [-0.3, -0.25) is 4.79 Å². The SMILES string of the molecule is CC1CCCCN1CCCNC(=O)CC1CCN(C(=O)Nc2cccc(Cl)c2)CC1. The van der Waals surface area contributed by atoms with Crippen molar-refractivity contribution in [3.05, 3.63) is 29.3 Å². The lowest BCUT2D eigenvalue weighted by Crippen LogP contribution is -2.42. The Morgan fingerprint density at radius 1 is 1.13 bits per heavy atom. The second-order valence-electron chi connectivity index (χ2n) is 8.66. The number of amides is 3. The third-order valence-electron chi connectivity index (χ3n) is 6.34. The third-order valence-corrected chi connectivity index (χ3v) is 6.57. The average molecular weight is 435 g/mol. The van der Waals surface area contributed by atoms with Gasteiger partial charge in [-0.1, -0.05) is 24.1 Å². The summed E-state index contributed by atoms with van der Waals surface area (Å²) in [5, 5.41) is 6.58. The first-order valence-electron chi connectivity index (χ1n) is 11.3. The molecule has 6 nitrogen and oxygen atoms in total. The first-order chi connectivity index (χ1) is 14.5. The van der Waals surface area contributed by atoms with Crippen molar-refractivity contribution in [2.75, 3.05) is 38.0 Å². The van der Waals surface area contributed by atoms with Crippen LogP contribution in [-0.2, 0) is 4.79 Å². The molecule has 1 aromatic carbocycles. The Balaban J connectivity index is 1.29. The number of urea groups is 1. The van der Waals surface area contributed by atoms with Crippen LogP contribution in [0.25, 0.3) is 0 Å². The molecule has 2 aliphatic rings. The zero-order valence-corrected chi connectivity index (χ0v) is 18.8. The molecule has 0 aromatic heterocycles. The number of carbonyl (C=O) groups is 2. The van der Waals surface area contributed by atoms with Crippen LogP contribution in [0.4, 0.5) is 10.5 Å². The minimum Gasteiger partial charge on any atom is -0.356 e. The van der Waals surface area contributed by atoms with E-state index in [1.54, 1.807) is 12.1 Å². The molecule has 0 spiro atoms. The molecule has 2 N–H and O–H groups in total. The monoisotopic (exact) mass is 434 g/mol. The highest BCUT2D eigenvalue weighted by Crippen LogP contribution is 2.22. The quantitative estimate of drug-likeness (QED) is 0.627. The first kappa shape index (κ1) is 22.9. The van der Waals surface area contributed by atoms with E-state index in [2.05, 4.69) is 22.5 Å². The van der Waals surface area contributed by atoms with Crippen molar-refractivity contribution in [1.82, 2.24) is 15.1 Å². The summed E-state index contributed by atoms with van der Waals surface area (Å²) >= 11 is 5.97. The molecule has 1 atom stereocenters. The van der Waals surface area contributed by atoms with E-state index in [-0.39, 0.29) is 11.9 Å². The van der Waals surface area contributed by atoms with Crippen LogP contribution in [0, 0.1) is 5.92 Å². The second-order valence-corrected chi connectivity index (χ2v) is 9.10. The van der Waals surface area contributed by atoms with Gasteiger partial charge in [-0.15, -0.1) is 0 Å². The first-order valence-corrected chi connectivity index (χ1v) is 11.7. The van der Waals surface area contributed by atoms with Crippen molar-refractivity contribution in [1.29, 1.82) is 0 Å². The Hall–Kier alpha value is -1.79. The molecule has 7 heteroatoms. The van der Waals surface area contributed by atoms with Gasteiger partial charge in [-0.05, 0) is 69.7 Å². The van der Waals surface area contributed by atoms with Crippen LogP contribution in [-0.4, -0.2) is 60.5 Å². The molecule has 0 radical (unpaired) electrons. The summed E-state index contributed by atoms with van der Waals surface area (Å²) in [5.74, 6) is 0.492. The topological polar surface area (TPSA) is 64.7 Å². The van der Waals surface area contributed by atoms with Gasteiger partial charge < -0.3 is 20.4 Å². The van der Waals surface area contributed by atoms with Crippen LogP contribution in [0.15, 0.2) is 24.3 Å². The van der Waals surface area contributed by atoms with Crippen molar-refractivity contribution in [3.63, 3.8) is 0 Å². The molecule has 0 bridgehead atoms. The number of hydrogen-bond acceptors (Lipinski definition) is 3. The number of piperidine rings is 2. The maximum atomic E-state index is 12.4. The number of halogens is 1. The van der Waals surface area contributed by atoms with E-state index in [0.29, 0.717) is 42.2 Å². The molecule has 2 aliphatic heterocycles. The number of hydrogen-bond donors (Lipinski definition) is 2. The minimum atomic E-state index is -0.105. The van der Waals surface area contributed by atoms with Crippen molar-refractivity contribution >= 4 is 29.2 Å². The van der Waals surface area contributed by atoms with E-state index >= 15 is 0 Å². The highest BCUT2D eigenvalue weighted by molar-refractivity contribution is 6.30. The molecule has 2 heterocycles. The van der Waals surface area contributed by atoms with Crippen LogP contribution in [0.1, 0.15) is 51.9 Å². The molecule has 30 heavy (non-hydrogen) atoms. The Labute approximate surface area is 185 Å². The van der Waals surface area contributed by atoms with Gasteiger partial charge in [-0.25, -0.2) is 4.79 Å². The predicted octanol–water partition coefficient (Wildman–Crippen LogP) is 4.35. The smallest absolute Gasteiger partial charge is 0.321 e. The molecule has 0 aliphatic carbocycles. The number of nitrogens with one attached hydrogen (secondary N) is 2. The molecule has 2 saturated heterocycles. The summed E-state index contributed by atoms with van der Waals surface area (Å²) in [6.45, 7) is 6.68. The van der Waals surface area contributed by atoms with E-state index in [9.17, 15) is 9.59 Å². The fourth-order valence-electron chi connectivity index (χ4n) is 4.44. The van der Waals surface area contributed by atoms with Gasteiger partial charge in [0.25, 0.3) is 0 Å². The molecular formula is C23H35ClN4O2. The number of anilines is 1. The van der Waals surface area contributed by atoms with Gasteiger partial charge in [-0.2, -0.15) is 0 Å². The molecular weight excluding hydrogens is 400 g/mol. The zero-order valence-electron chi connectivity index (χ0n) is 18.0. The molecule has 0 saturated carbocycles. The Bertz CT molecular complexity index is 706. The highest BCUT2D eigenvalue weighted by Gasteiger charge is 2.24. The summed E-state index contributed by atoms with van der Waals surface area (Å²) in [7, 11) is 0. The van der Waals surface area contributed by atoms with Gasteiger partial charge in [0.2, 0.25) is 5.91 Å². The Morgan fingerprint density at radius 2 is 1.93 bits per heavy atom. The molecule has 1 unspecified atom stereocenters. The van der Waals surface area contributed by atoms with Crippen molar-refractivity contribution in [3.8, 4) is 0 Å². The molecule has 1 aromatic rings. The highest BCUT2D eigenvalue weighted by atomic mass is 35.5. The van der Waals surface area contributed by atoms with E-state index in [1.807, 2.05) is 17.0 Å². The van der Waals surface area contributed by atoms with E-state index in [1.165, 1.54) is 25.8 Å². The van der Waals surface area contributed by atoms with E-state index in [0.717, 1.165) is 32.4 Å². The second kappa shape index (κ2) is 11.6. The number of carbonyl (C=O) groups excluding carboxylic acids is 2. The van der Waals surface area contributed by atoms with Gasteiger partial charge in [0.05, 0.1) is 0 Å². The molecule has 2 fully saturated rings. The molecule has 3 amide bonds. The normalized spacial score (nSPS) is 20.7. The minimum absolute atomic E-state index is 0.105. The Kier molecular flexibility index (Phi) is 8.82. The summed E-state index contributed by atoms with van der Waals surface area (Å²) < 4.78 is 0. The van der Waals surface area contributed by atoms with Crippen molar-refractivity contribution in [2.24, 2.45) is 5.92 Å². The zero-order chi connectivity index (χ0) is 21.3. The standard InChI is InChI=1S/C23H35ClN4O2/c1-18-6-2-3-12-27(18)13-5-11-25-22(29)16-19-9-14-28(15-10-19)23(30)26-21-8-4-7-20(24)17-21/h4,7-8,17-19H,2-3,5-6,9-16H2,1H3,(H,25,29)(H,26,30). The van der Waals surface area contributed by atoms with Crippen LogP contribution in [0.2, 0.25) is 5.02 Å². The lowest BCUT2D eigenvalue weighted by Gasteiger charge is -2.33. The third kappa shape index (κ3) is 7.17. The maximum absolute atomic E-state index is 12.4.